The van der Waals surface area contributed by atoms with Crippen LogP contribution in [0.25, 0.3) is 11.6 Å². The van der Waals surface area contributed by atoms with Crippen molar-refractivity contribution in [2.45, 2.75) is 43.8 Å². The number of aliphatic hydroxyl groups excluding tert-OH is 1. The third kappa shape index (κ3) is 3.59. The second-order valence-electron chi connectivity index (χ2n) is 7.06. The fraction of sp³-hybridized carbons (Fsp3) is 0.333. The van der Waals surface area contributed by atoms with E-state index in [1.807, 2.05) is 23.9 Å². The molecule has 2 nitrogen and oxygen atoms in total. The maximum Gasteiger partial charge on any atom is 0.178 e. The number of thioether (sulfide) groups is 1. The Kier molecular flexibility index (Phi) is 4.86. The zero-order valence-corrected chi connectivity index (χ0v) is 15.2. The normalized spacial score (nSPS) is 17.0. The second kappa shape index (κ2) is 6.75. The summed E-state index contributed by atoms with van der Waals surface area (Å²) in [5.74, 6) is 1.19. The van der Waals surface area contributed by atoms with Gasteiger partial charge in [-0.25, -0.2) is 0 Å². The van der Waals surface area contributed by atoms with Crippen molar-refractivity contribution in [2.75, 3.05) is 5.75 Å². The highest BCUT2D eigenvalue weighted by molar-refractivity contribution is 7.99. The Morgan fingerprint density at radius 2 is 1.83 bits per heavy atom. The number of hydrogen-bond acceptors (Lipinski definition) is 3. The van der Waals surface area contributed by atoms with Crippen LogP contribution in [-0.4, -0.2) is 16.0 Å². The number of benzene rings is 2. The fourth-order valence-electron chi connectivity index (χ4n) is 3.08. The van der Waals surface area contributed by atoms with Crippen LogP contribution in [0.3, 0.4) is 0 Å². The van der Waals surface area contributed by atoms with Crippen LogP contribution < -0.4 is 0 Å². The first kappa shape index (κ1) is 17.3. The Morgan fingerprint density at radius 3 is 2.50 bits per heavy atom. The molecule has 0 saturated carbocycles. The molecule has 126 valence electrons. The maximum absolute atomic E-state index is 9.17. The Balaban J connectivity index is 1.91. The lowest BCUT2D eigenvalue weighted by atomic mass is 9.80. The summed E-state index contributed by atoms with van der Waals surface area (Å²) in [6.07, 6.45) is 1.93. The van der Waals surface area contributed by atoms with Crippen molar-refractivity contribution >= 4 is 23.4 Å². The molecule has 0 aromatic heterocycles. The topological polar surface area (TPSA) is 40.5 Å². The van der Waals surface area contributed by atoms with Crippen molar-refractivity contribution in [1.82, 2.24) is 0 Å². The largest absolute Gasteiger partial charge is 0.364 e. The summed E-state index contributed by atoms with van der Waals surface area (Å²) >= 11 is 1.95. The molecule has 1 aliphatic rings. The number of rotatable bonds is 3. The third-order valence-corrected chi connectivity index (χ3v) is 5.84. The maximum atomic E-state index is 9.17. The van der Waals surface area contributed by atoms with E-state index in [0.717, 1.165) is 5.56 Å². The van der Waals surface area contributed by atoms with Gasteiger partial charge in [0, 0.05) is 10.5 Å². The van der Waals surface area contributed by atoms with Gasteiger partial charge in [-0.3, -0.25) is 0 Å². The van der Waals surface area contributed by atoms with Crippen LogP contribution in [0.15, 0.2) is 47.4 Å². The lowest BCUT2D eigenvalue weighted by Crippen LogP contribution is -2.22. The summed E-state index contributed by atoms with van der Waals surface area (Å²) in [7, 11) is 0. The minimum Gasteiger partial charge on any atom is -0.364 e. The van der Waals surface area contributed by atoms with Gasteiger partial charge in [-0.1, -0.05) is 50.3 Å². The average molecular weight is 340 g/mol. The molecule has 0 bridgehead atoms. The highest BCUT2D eigenvalue weighted by Gasteiger charge is 2.27. The lowest BCUT2D eigenvalue weighted by Gasteiger charge is -2.32. The van der Waals surface area contributed by atoms with Crippen LogP contribution in [0.5, 0.6) is 0 Å². The van der Waals surface area contributed by atoms with Crippen LogP contribution in [0.1, 0.15) is 55.7 Å². The van der Waals surface area contributed by atoms with Crippen molar-refractivity contribution in [3.63, 3.8) is 0 Å². The quantitative estimate of drug-likeness (QED) is 0.610. The van der Waals surface area contributed by atoms with E-state index in [-0.39, 0.29) is 5.41 Å². The predicted octanol–water partition coefficient (Wildman–Crippen LogP) is 5.00. The summed E-state index contributed by atoms with van der Waals surface area (Å²) in [4.78, 5) is 1.41. The summed E-state index contributed by atoms with van der Waals surface area (Å²) in [5, 5.41) is 18.3. The molecule has 24 heavy (non-hydrogen) atoms. The van der Waals surface area contributed by atoms with Gasteiger partial charge in [0.15, 0.2) is 6.29 Å². The molecular formula is C21H24O2S. The van der Waals surface area contributed by atoms with Crippen molar-refractivity contribution in [2.24, 2.45) is 0 Å². The predicted molar refractivity (Wildman–Crippen MR) is 102 cm³/mol. The molecule has 1 aliphatic heterocycles. The minimum atomic E-state index is -1.41. The summed E-state index contributed by atoms with van der Waals surface area (Å²) in [6, 6.07) is 14.1. The van der Waals surface area contributed by atoms with Gasteiger partial charge in [0.1, 0.15) is 0 Å². The smallest absolute Gasteiger partial charge is 0.178 e. The van der Waals surface area contributed by atoms with E-state index >= 15 is 0 Å². The average Bonchev–Trinajstić information content (AvgIpc) is 2.55. The van der Waals surface area contributed by atoms with E-state index in [9.17, 15) is 10.2 Å². The van der Waals surface area contributed by atoms with E-state index in [1.165, 1.54) is 33.8 Å². The van der Waals surface area contributed by atoms with Gasteiger partial charge in [-0.05, 0) is 58.9 Å². The molecule has 1 heterocycles. The molecule has 2 N–H and O–H groups in total. The van der Waals surface area contributed by atoms with Crippen molar-refractivity contribution < 1.29 is 10.2 Å². The van der Waals surface area contributed by atoms with Crippen molar-refractivity contribution in [3.8, 4) is 0 Å². The number of allylic oxidation sites excluding steroid dienone is 1. The van der Waals surface area contributed by atoms with Crippen LogP contribution in [-0.2, 0) is 5.41 Å². The van der Waals surface area contributed by atoms with Crippen LogP contribution in [0.2, 0.25) is 0 Å². The first-order valence-corrected chi connectivity index (χ1v) is 9.27. The Morgan fingerprint density at radius 1 is 1.12 bits per heavy atom. The van der Waals surface area contributed by atoms with Gasteiger partial charge >= 0.3 is 0 Å². The molecule has 0 amide bonds. The zero-order valence-electron chi connectivity index (χ0n) is 14.4. The van der Waals surface area contributed by atoms with Gasteiger partial charge in [-0.15, -0.1) is 11.8 Å². The summed E-state index contributed by atoms with van der Waals surface area (Å²) in [5.41, 5.74) is 5.70. The third-order valence-electron chi connectivity index (χ3n) is 4.77. The molecule has 2 aromatic rings. The standard InChI is InChI=1S/C21H24O2S/c1-14(12-15-4-6-16(7-5-15)20(22)23)17-8-9-19-18(13-17)21(2,3)10-11-24-19/h4-9,12-13,20,22-23H,10-11H2,1-3H3/b14-12+. The Bertz CT molecular complexity index is 758. The molecule has 0 radical (unpaired) electrons. The molecule has 0 atom stereocenters. The Labute approximate surface area is 148 Å². The molecule has 0 unspecified atom stereocenters. The first-order chi connectivity index (χ1) is 11.4. The van der Waals surface area contributed by atoms with Gasteiger partial charge in [0.05, 0.1) is 0 Å². The van der Waals surface area contributed by atoms with Crippen molar-refractivity contribution in [1.29, 1.82) is 0 Å². The molecule has 2 aromatic carbocycles. The zero-order chi connectivity index (χ0) is 17.3. The van der Waals surface area contributed by atoms with Crippen LogP contribution in [0.4, 0.5) is 0 Å². The molecule has 0 aliphatic carbocycles. The van der Waals surface area contributed by atoms with Crippen LogP contribution in [0, 0.1) is 0 Å². The summed E-state index contributed by atoms with van der Waals surface area (Å²) < 4.78 is 0. The molecule has 0 fully saturated rings. The molecule has 0 saturated heterocycles. The van der Waals surface area contributed by atoms with E-state index in [0.29, 0.717) is 5.56 Å². The Hall–Kier alpha value is -1.55. The van der Waals surface area contributed by atoms with Gasteiger partial charge < -0.3 is 10.2 Å². The van der Waals surface area contributed by atoms with E-state index in [4.69, 9.17) is 0 Å². The second-order valence-corrected chi connectivity index (χ2v) is 8.20. The number of aliphatic hydroxyl groups is 2. The number of hydrogen-bond donors (Lipinski definition) is 2. The first-order valence-electron chi connectivity index (χ1n) is 8.29. The molecule has 0 spiro atoms. The number of fused-ring (bicyclic) bond motifs is 1. The summed E-state index contributed by atoms with van der Waals surface area (Å²) in [6.45, 7) is 6.78. The van der Waals surface area contributed by atoms with E-state index < -0.39 is 6.29 Å². The van der Waals surface area contributed by atoms with E-state index in [1.54, 1.807) is 12.1 Å². The SMILES string of the molecule is C/C(=C\c1ccc(C(O)O)cc1)c1ccc2c(c1)C(C)(C)CCS2. The molecule has 3 heteroatoms. The van der Waals surface area contributed by atoms with Gasteiger partial charge in [0.2, 0.25) is 0 Å². The minimum absolute atomic E-state index is 0.232. The van der Waals surface area contributed by atoms with Crippen molar-refractivity contribution in [3.05, 3.63) is 64.7 Å². The molecule has 3 rings (SSSR count). The molecular weight excluding hydrogens is 316 g/mol. The van der Waals surface area contributed by atoms with Gasteiger partial charge in [0.25, 0.3) is 0 Å². The monoisotopic (exact) mass is 340 g/mol. The van der Waals surface area contributed by atoms with Crippen LogP contribution >= 0.6 is 11.8 Å². The fourth-order valence-corrected chi connectivity index (χ4v) is 4.57. The highest BCUT2D eigenvalue weighted by atomic mass is 32.2. The van der Waals surface area contributed by atoms with Gasteiger partial charge in [-0.2, -0.15) is 0 Å². The van der Waals surface area contributed by atoms with E-state index in [2.05, 4.69) is 45.0 Å². The highest BCUT2D eigenvalue weighted by Crippen LogP contribution is 2.42. The lowest BCUT2D eigenvalue weighted by molar-refractivity contribution is -0.0424.